The number of aryl methyl sites for hydroxylation is 1. The Morgan fingerprint density at radius 2 is 2.13 bits per heavy atom. The summed E-state index contributed by atoms with van der Waals surface area (Å²) in [5.41, 5.74) is 1.16. The van der Waals surface area contributed by atoms with Crippen LogP contribution in [0.25, 0.3) is 0 Å². The van der Waals surface area contributed by atoms with Crippen LogP contribution in [0.2, 0.25) is 0 Å². The molecule has 5 heteroatoms. The van der Waals surface area contributed by atoms with Crippen molar-refractivity contribution in [2.24, 2.45) is 5.92 Å². The van der Waals surface area contributed by atoms with Crippen molar-refractivity contribution in [2.75, 3.05) is 13.1 Å². The summed E-state index contributed by atoms with van der Waals surface area (Å²) in [7, 11) is 0. The maximum Gasteiger partial charge on any atom is 0.244 e. The number of benzene rings is 1. The minimum atomic E-state index is -0.193. The van der Waals surface area contributed by atoms with Crippen molar-refractivity contribution < 1.29 is 9.18 Å². The van der Waals surface area contributed by atoms with E-state index in [0.29, 0.717) is 12.5 Å². The molecule has 1 aliphatic heterocycles. The Hall–Kier alpha value is -2.17. The van der Waals surface area contributed by atoms with E-state index in [1.807, 2.05) is 29.3 Å². The Labute approximate surface area is 135 Å². The second-order valence-corrected chi connectivity index (χ2v) is 6.22. The molecule has 1 amide bonds. The van der Waals surface area contributed by atoms with Crippen LogP contribution in [0.1, 0.15) is 24.8 Å². The number of carbonyl (C=O) groups excluding carboxylic acids is 1. The number of rotatable bonds is 5. The summed E-state index contributed by atoms with van der Waals surface area (Å²) in [4.78, 5) is 14.3. The normalized spacial score (nSPS) is 18.1. The van der Waals surface area contributed by atoms with Gasteiger partial charge in [0, 0.05) is 25.5 Å². The fourth-order valence-electron chi connectivity index (χ4n) is 3.18. The van der Waals surface area contributed by atoms with Crippen LogP contribution < -0.4 is 0 Å². The van der Waals surface area contributed by atoms with Gasteiger partial charge in [-0.25, -0.2) is 4.39 Å². The van der Waals surface area contributed by atoms with E-state index in [9.17, 15) is 9.18 Å². The Kier molecular flexibility index (Phi) is 5.05. The molecular weight excluding hydrogens is 293 g/mol. The number of halogens is 1. The summed E-state index contributed by atoms with van der Waals surface area (Å²) < 4.78 is 14.6. The summed E-state index contributed by atoms with van der Waals surface area (Å²) in [5.74, 6) is 0.470. The molecule has 0 radical (unpaired) electrons. The average molecular weight is 315 g/mol. The Balaban J connectivity index is 1.49. The van der Waals surface area contributed by atoms with Gasteiger partial charge in [-0.1, -0.05) is 12.1 Å². The molecule has 0 aliphatic carbocycles. The molecule has 0 spiro atoms. The van der Waals surface area contributed by atoms with Crippen molar-refractivity contribution >= 4 is 5.91 Å². The number of aromatic nitrogens is 2. The van der Waals surface area contributed by atoms with Crippen molar-refractivity contribution in [3.63, 3.8) is 0 Å². The lowest BCUT2D eigenvalue weighted by Gasteiger charge is -2.33. The molecule has 1 fully saturated rings. The molecule has 0 bridgehead atoms. The van der Waals surface area contributed by atoms with Gasteiger partial charge in [0.2, 0.25) is 5.91 Å². The van der Waals surface area contributed by atoms with Crippen molar-refractivity contribution in [2.45, 2.75) is 32.2 Å². The largest absolute Gasteiger partial charge is 0.341 e. The quantitative estimate of drug-likeness (QED) is 0.851. The molecule has 1 aliphatic rings. The zero-order valence-corrected chi connectivity index (χ0v) is 13.2. The highest BCUT2D eigenvalue weighted by molar-refractivity contribution is 5.76. The fourth-order valence-corrected chi connectivity index (χ4v) is 3.18. The van der Waals surface area contributed by atoms with Crippen molar-refractivity contribution in [3.8, 4) is 0 Å². The van der Waals surface area contributed by atoms with Crippen molar-refractivity contribution in [1.82, 2.24) is 14.7 Å². The van der Waals surface area contributed by atoms with Crippen LogP contribution in [0, 0.1) is 11.7 Å². The summed E-state index contributed by atoms with van der Waals surface area (Å²) in [6.07, 6.45) is 7.69. The Bertz CT molecular complexity index is 624. The van der Waals surface area contributed by atoms with Crippen molar-refractivity contribution in [1.29, 1.82) is 0 Å². The van der Waals surface area contributed by atoms with E-state index >= 15 is 0 Å². The number of piperidine rings is 1. The molecule has 0 saturated carbocycles. The molecule has 122 valence electrons. The molecule has 2 aromatic rings. The second-order valence-electron chi connectivity index (χ2n) is 6.22. The van der Waals surface area contributed by atoms with Gasteiger partial charge in [0.15, 0.2) is 0 Å². The molecule has 1 aromatic heterocycles. The number of hydrogen-bond donors (Lipinski definition) is 0. The molecule has 1 saturated heterocycles. The summed E-state index contributed by atoms with van der Waals surface area (Å²) >= 11 is 0. The monoisotopic (exact) mass is 315 g/mol. The first-order chi connectivity index (χ1) is 11.2. The summed E-state index contributed by atoms with van der Waals surface area (Å²) in [6, 6.07) is 8.54. The Morgan fingerprint density at radius 3 is 2.87 bits per heavy atom. The van der Waals surface area contributed by atoms with Crippen LogP contribution >= 0.6 is 0 Å². The standard InChI is InChI=1S/C18H22FN3O/c19-17-8-6-15(7-9-17)4-5-16-3-1-11-21(13-16)18(23)14-22-12-2-10-20-22/h2,6-10,12,16H,1,3-5,11,13-14H2/t16-/m0/s1. The summed E-state index contributed by atoms with van der Waals surface area (Å²) in [5, 5.41) is 4.09. The lowest BCUT2D eigenvalue weighted by molar-refractivity contribution is -0.133. The van der Waals surface area contributed by atoms with Gasteiger partial charge in [0.25, 0.3) is 0 Å². The van der Waals surface area contributed by atoms with E-state index in [1.165, 1.54) is 12.1 Å². The number of amides is 1. The molecule has 2 heterocycles. The second kappa shape index (κ2) is 7.40. The maximum absolute atomic E-state index is 12.9. The van der Waals surface area contributed by atoms with Gasteiger partial charge in [0.1, 0.15) is 12.4 Å². The van der Waals surface area contributed by atoms with Gasteiger partial charge in [-0.15, -0.1) is 0 Å². The first-order valence-corrected chi connectivity index (χ1v) is 8.20. The molecule has 4 nitrogen and oxygen atoms in total. The molecule has 3 rings (SSSR count). The lowest BCUT2D eigenvalue weighted by atomic mass is 9.91. The van der Waals surface area contributed by atoms with Crippen LogP contribution in [-0.2, 0) is 17.8 Å². The summed E-state index contributed by atoms with van der Waals surface area (Å²) in [6.45, 7) is 1.98. The third-order valence-electron chi connectivity index (χ3n) is 4.48. The van der Waals surface area contributed by atoms with E-state index in [1.54, 1.807) is 10.9 Å². The molecule has 0 N–H and O–H groups in total. The van der Waals surface area contributed by atoms with Crippen LogP contribution in [0.4, 0.5) is 4.39 Å². The Morgan fingerprint density at radius 1 is 1.30 bits per heavy atom. The van der Waals surface area contributed by atoms with Crippen LogP contribution in [0.15, 0.2) is 42.7 Å². The van der Waals surface area contributed by atoms with Gasteiger partial charge in [-0.2, -0.15) is 5.10 Å². The number of nitrogens with zero attached hydrogens (tertiary/aromatic N) is 3. The highest BCUT2D eigenvalue weighted by atomic mass is 19.1. The van der Waals surface area contributed by atoms with E-state index in [4.69, 9.17) is 0 Å². The van der Waals surface area contributed by atoms with Crippen LogP contribution in [-0.4, -0.2) is 33.7 Å². The van der Waals surface area contributed by atoms with E-state index in [0.717, 1.165) is 44.3 Å². The topological polar surface area (TPSA) is 38.1 Å². The molecule has 23 heavy (non-hydrogen) atoms. The van der Waals surface area contributed by atoms with E-state index in [2.05, 4.69) is 5.10 Å². The first-order valence-electron chi connectivity index (χ1n) is 8.20. The third-order valence-corrected chi connectivity index (χ3v) is 4.48. The van der Waals surface area contributed by atoms with Gasteiger partial charge in [-0.05, 0) is 55.4 Å². The zero-order valence-electron chi connectivity index (χ0n) is 13.2. The fraction of sp³-hybridized carbons (Fsp3) is 0.444. The molecule has 1 atom stereocenters. The highest BCUT2D eigenvalue weighted by Gasteiger charge is 2.23. The molecule has 1 aromatic carbocycles. The van der Waals surface area contributed by atoms with Gasteiger partial charge in [0.05, 0.1) is 0 Å². The smallest absolute Gasteiger partial charge is 0.244 e. The van der Waals surface area contributed by atoms with Crippen molar-refractivity contribution in [3.05, 3.63) is 54.1 Å². The maximum atomic E-state index is 12.9. The van der Waals surface area contributed by atoms with Gasteiger partial charge >= 0.3 is 0 Å². The lowest BCUT2D eigenvalue weighted by Crippen LogP contribution is -2.41. The number of likely N-dealkylation sites (tertiary alicyclic amines) is 1. The SMILES string of the molecule is O=C(Cn1cccn1)N1CCC[C@@H](CCc2ccc(F)cc2)C1. The third kappa shape index (κ3) is 4.41. The molecular formula is C18H22FN3O. The van der Waals surface area contributed by atoms with E-state index < -0.39 is 0 Å². The van der Waals surface area contributed by atoms with Gasteiger partial charge < -0.3 is 4.90 Å². The number of hydrogen-bond acceptors (Lipinski definition) is 2. The van der Waals surface area contributed by atoms with Gasteiger partial charge in [-0.3, -0.25) is 9.48 Å². The first kappa shape index (κ1) is 15.7. The average Bonchev–Trinajstić information content (AvgIpc) is 3.07. The van der Waals surface area contributed by atoms with Crippen LogP contribution in [0.3, 0.4) is 0 Å². The molecule has 0 unspecified atom stereocenters. The minimum Gasteiger partial charge on any atom is -0.341 e. The predicted octanol–water partition coefficient (Wildman–Crippen LogP) is 2.89. The number of carbonyl (C=O) groups is 1. The van der Waals surface area contributed by atoms with E-state index in [-0.39, 0.29) is 11.7 Å². The highest BCUT2D eigenvalue weighted by Crippen LogP contribution is 2.22. The van der Waals surface area contributed by atoms with Crippen LogP contribution in [0.5, 0.6) is 0 Å². The predicted molar refractivity (Wildman–Crippen MR) is 86.3 cm³/mol. The minimum absolute atomic E-state index is 0.139. The zero-order chi connectivity index (χ0) is 16.1.